The maximum atomic E-state index is 10.8. The third-order valence-electron chi connectivity index (χ3n) is 1.73. The number of pyridine rings is 1. The summed E-state index contributed by atoms with van der Waals surface area (Å²) in [5.74, 6) is 1.51. The van der Waals surface area contributed by atoms with Gasteiger partial charge in [0.15, 0.2) is 0 Å². The molecule has 1 aromatic heterocycles. The molecule has 0 fully saturated rings. The van der Waals surface area contributed by atoms with Crippen molar-refractivity contribution < 1.29 is 4.21 Å². The van der Waals surface area contributed by atoms with Crippen LogP contribution in [0, 0.1) is 6.92 Å². The summed E-state index contributed by atoms with van der Waals surface area (Å²) in [6.45, 7) is 2.68. The number of aryl methyl sites for hydroxylation is 1. The first-order valence-corrected chi connectivity index (χ1v) is 6.77. The Morgan fingerprint density at radius 1 is 1.64 bits per heavy atom. The molecule has 0 aliphatic rings. The van der Waals surface area contributed by atoms with Crippen LogP contribution < -0.4 is 5.32 Å². The molecule has 78 valence electrons. The highest BCUT2D eigenvalue weighted by Gasteiger charge is 1.99. The van der Waals surface area contributed by atoms with E-state index < -0.39 is 10.8 Å². The number of nitrogens with zero attached hydrogens (tertiary/aromatic N) is 1. The molecule has 0 saturated carbocycles. The summed E-state index contributed by atoms with van der Waals surface area (Å²) in [7, 11) is -0.750. The summed E-state index contributed by atoms with van der Waals surface area (Å²) < 4.78 is 11.8. The Bertz CT molecular complexity index is 344. The van der Waals surface area contributed by atoms with Crippen LogP contribution in [0.15, 0.2) is 16.7 Å². The fourth-order valence-electron chi connectivity index (χ4n) is 1.04. The lowest BCUT2D eigenvalue weighted by Crippen LogP contribution is -2.11. The molecular weight excluding hydrogens is 264 g/mol. The zero-order valence-corrected chi connectivity index (χ0v) is 10.6. The molecule has 3 nitrogen and oxygen atoms in total. The lowest BCUT2D eigenvalue weighted by molar-refractivity contribution is 0.687. The molecule has 0 saturated heterocycles. The first-order chi connectivity index (χ1) is 6.59. The van der Waals surface area contributed by atoms with Crippen LogP contribution >= 0.6 is 15.9 Å². The van der Waals surface area contributed by atoms with Crippen molar-refractivity contribution in [1.82, 2.24) is 4.98 Å². The maximum absolute atomic E-state index is 10.8. The van der Waals surface area contributed by atoms with Gasteiger partial charge in [0.05, 0.1) is 0 Å². The standard InChI is InChI=1S/C9H13BrN2OS/c1-7-5-8(10)6-12-9(7)11-3-4-14(2)13/h5-6H,3-4H2,1-2H3,(H,11,12). The Labute approximate surface area is 94.9 Å². The summed E-state index contributed by atoms with van der Waals surface area (Å²) in [5, 5.41) is 3.15. The zero-order chi connectivity index (χ0) is 10.6. The minimum absolute atomic E-state index is 0.650. The van der Waals surface area contributed by atoms with Crippen molar-refractivity contribution >= 4 is 32.5 Å². The summed E-state index contributed by atoms with van der Waals surface area (Å²) in [6.07, 6.45) is 3.45. The van der Waals surface area contributed by atoms with Gasteiger partial charge in [-0.25, -0.2) is 4.98 Å². The third-order valence-corrected chi connectivity index (χ3v) is 2.94. The number of aromatic nitrogens is 1. The van der Waals surface area contributed by atoms with Crippen LogP contribution in [0.25, 0.3) is 0 Å². The van der Waals surface area contributed by atoms with Crippen LogP contribution in [0.1, 0.15) is 5.56 Å². The number of hydrogen-bond donors (Lipinski definition) is 1. The highest BCUT2D eigenvalue weighted by atomic mass is 79.9. The summed E-state index contributed by atoms with van der Waals surface area (Å²) in [5.41, 5.74) is 1.08. The molecule has 0 aliphatic carbocycles. The predicted molar refractivity (Wildman–Crippen MR) is 64.1 cm³/mol. The lowest BCUT2D eigenvalue weighted by Gasteiger charge is -2.07. The van der Waals surface area contributed by atoms with Gasteiger partial charge in [0, 0.05) is 40.0 Å². The minimum atomic E-state index is -0.750. The van der Waals surface area contributed by atoms with Crippen molar-refractivity contribution in [2.24, 2.45) is 0 Å². The minimum Gasteiger partial charge on any atom is -0.369 e. The van der Waals surface area contributed by atoms with E-state index in [1.807, 2.05) is 13.0 Å². The molecule has 0 radical (unpaired) electrons. The van der Waals surface area contributed by atoms with Crippen molar-refractivity contribution in [3.8, 4) is 0 Å². The molecule has 0 spiro atoms. The number of hydrogen-bond acceptors (Lipinski definition) is 3. The SMILES string of the molecule is Cc1cc(Br)cnc1NCCS(C)=O. The molecule has 0 aliphatic heterocycles. The molecule has 1 aromatic rings. The van der Waals surface area contributed by atoms with Crippen LogP contribution in [-0.2, 0) is 10.8 Å². The Balaban J connectivity index is 2.55. The van der Waals surface area contributed by atoms with E-state index in [1.54, 1.807) is 12.5 Å². The second-order valence-electron chi connectivity index (χ2n) is 3.02. The summed E-state index contributed by atoms with van der Waals surface area (Å²) in [6, 6.07) is 2.00. The van der Waals surface area contributed by atoms with E-state index in [1.165, 1.54) is 0 Å². The molecule has 5 heteroatoms. The van der Waals surface area contributed by atoms with E-state index >= 15 is 0 Å². The molecule has 1 heterocycles. The molecule has 0 aromatic carbocycles. The largest absolute Gasteiger partial charge is 0.369 e. The molecule has 14 heavy (non-hydrogen) atoms. The summed E-state index contributed by atoms with van der Waals surface area (Å²) in [4.78, 5) is 4.22. The Morgan fingerprint density at radius 3 is 2.93 bits per heavy atom. The van der Waals surface area contributed by atoms with Gasteiger partial charge in [0.25, 0.3) is 0 Å². The number of nitrogens with one attached hydrogen (secondary N) is 1. The smallest absolute Gasteiger partial charge is 0.128 e. The predicted octanol–water partition coefficient (Wildman–Crippen LogP) is 1.94. The van der Waals surface area contributed by atoms with Gasteiger partial charge in [-0.15, -0.1) is 0 Å². The number of rotatable bonds is 4. The monoisotopic (exact) mass is 276 g/mol. The van der Waals surface area contributed by atoms with Crippen molar-refractivity contribution in [3.05, 3.63) is 22.3 Å². The molecule has 1 unspecified atom stereocenters. The van der Waals surface area contributed by atoms with Gasteiger partial charge in [-0.2, -0.15) is 0 Å². The van der Waals surface area contributed by atoms with Crippen molar-refractivity contribution in [1.29, 1.82) is 0 Å². The molecule has 0 amide bonds. The Hall–Kier alpha value is -0.420. The topological polar surface area (TPSA) is 42.0 Å². The maximum Gasteiger partial charge on any atom is 0.128 e. The van der Waals surface area contributed by atoms with Crippen LogP contribution in [0.2, 0.25) is 0 Å². The van der Waals surface area contributed by atoms with Crippen molar-refractivity contribution in [2.75, 3.05) is 23.9 Å². The third kappa shape index (κ3) is 3.75. The first kappa shape index (κ1) is 11.7. The average Bonchev–Trinajstić information content (AvgIpc) is 2.08. The van der Waals surface area contributed by atoms with Crippen molar-refractivity contribution in [3.63, 3.8) is 0 Å². The summed E-state index contributed by atoms with van der Waals surface area (Å²) >= 11 is 3.35. The second kappa shape index (κ2) is 5.46. The lowest BCUT2D eigenvalue weighted by atomic mass is 10.3. The molecule has 1 atom stereocenters. The van der Waals surface area contributed by atoms with Crippen molar-refractivity contribution in [2.45, 2.75) is 6.92 Å². The average molecular weight is 277 g/mol. The van der Waals surface area contributed by atoms with Gasteiger partial charge < -0.3 is 5.32 Å². The molecule has 1 rings (SSSR count). The fraction of sp³-hybridized carbons (Fsp3) is 0.444. The van der Waals surface area contributed by atoms with E-state index in [4.69, 9.17) is 0 Å². The molecule has 0 bridgehead atoms. The zero-order valence-electron chi connectivity index (χ0n) is 8.21. The van der Waals surface area contributed by atoms with Crippen LogP contribution in [0.5, 0.6) is 0 Å². The highest BCUT2D eigenvalue weighted by Crippen LogP contribution is 2.16. The van der Waals surface area contributed by atoms with E-state index in [2.05, 4.69) is 26.2 Å². The number of halogens is 1. The normalized spacial score (nSPS) is 12.5. The molecule has 1 N–H and O–H groups in total. The quantitative estimate of drug-likeness (QED) is 0.914. The van der Waals surface area contributed by atoms with Crippen LogP contribution in [-0.4, -0.2) is 27.7 Å². The van der Waals surface area contributed by atoms with Crippen LogP contribution in [0.3, 0.4) is 0 Å². The second-order valence-corrected chi connectivity index (χ2v) is 5.49. The van der Waals surface area contributed by atoms with E-state index in [-0.39, 0.29) is 0 Å². The van der Waals surface area contributed by atoms with E-state index in [0.717, 1.165) is 15.9 Å². The Kier molecular flexibility index (Phi) is 4.54. The van der Waals surface area contributed by atoms with E-state index in [9.17, 15) is 4.21 Å². The highest BCUT2D eigenvalue weighted by molar-refractivity contribution is 9.10. The van der Waals surface area contributed by atoms with Gasteiger partial charge in [-0.3, -0.25) is 4.21 Å². The van der Waals surface area contributed by atoms with Gasteiger partial charge in [-0.05, 0) is 34.5 Å². The first-order valence-electron chi connectivity index (χ1n) is 4.25. The Morgan fingerprint density at radius 2 is 2.36 bits per heavy atom. The van der Waals surface area contributed by atoms with Gasteiger partial charge in [0.2, 0.25) is 0 Å². The molecular formula is C9H13BrN2OS. The van der Waals surface area contributed by atoms with Gasteiger partial charge in [-0.1, -0.05) is 0 Å². The van der Waals surface area contributed by atoms with E-state index in [0.29, 0.717) is 12.3 Å². The van der Waals surface area contributed by atoms with Gasteiger partial charge in [0.1, 0.15) is 5.82 Å². The fourth-order valence-corrected chi connectivity index (χ4v) is 1.87. The van der Waals surface area contributed by atoms with Gasteiger partial charge >= 0.3 is 0 Å². The van der Waals surface area contributed by atoms with Crippen LogP contribution in [0.4, 0.5) is 5.82 Å². The number of anilines is 1.